The lowest BCUT2D eigenvalue weighted by Gasteiger charge is -2.18. The molecule has 2 aromatic heterocycles. The molecule has 0 unspecified atom stereocenters. The summed E-state index contributed by atoms with van der Waals surface area (Å²) in [4.78, 5) is 22.7. The van der Waals surface area contributed by atoms with Crippen LogP contribution in [0.5, 0.6) is 0 Å². The van der Waals surface area contributed by atoms with Crippen LogP contribution in [0.15, 0.2) is 60.2 Å². The van der Waals surface area contributed by atoms with Gasteiger partial charge in [-0.1, -0.05) is 30.3 Å². The molecule has 0 spiro atoms. The SMILES string of the molecule is O=C(Cc1ccccc1)N(CCO)c1nc(-c2ccncc2)cs1. The van der Waals surface area contributed by atoms with Crippen molar-refractivity contribution in [2.75, 3.05) is 18.1 Å². The molecule has 0 aliphatic heterocycles. The van der Waals surface area contributed by atoms with Gasteiger partial charge in [0.25, 0.3) is 0 Å². The summed E-state index contributed by atoms with van der Waals surface area (Å²) < 4.78 is 0. The van der Waals surface area contributed by atoms with Crippen LogP contribution in [0.1, 0.15) is 5.56 Å². The van der Waals surface area contributed by atoms with Gasteiger partial charge in [-0.3, -0.25) is 14.7 Å². The fourth-order valence-corrected chi connectivity index (χ4v) is 3.21. The maximum atomic E-state index is 12.6. The van der Waals surface area contributed by atoms with Gasteiger partial charge in [0, 0.05) is 23.3 Å². The summed E-state index contributed by atoms with van der Waals surface area (Å²) in [5.74, 6) is -0.0779. The van der Waals surface area contributed by atoms with E-state index >= 15 is 0 Å². The van der Waals surface area contributed by atoms with Crippen LogP contribution in [0, 0.1) is 0 Å². The lowest BCUT2D eigenvalue weighted by Crippen LogP contribution is -2.34. The number of aliphatic hydroxyl groups is 1. The Bertz CT molecular complexity index is 790. The maximum absolute atomic E-state index is 12.6. The Morgan fingerprint density at radius 1 is 1.12 bits per heavy atom. The average Bonchev–Trinajstić information content (AvgIpc) is 3.11. The van der Waals surface area contributed by atoms with Gasteiger partial charge in [-0.25, -0.2) is 4.98 Å². The Balaban J connectivity index is 1.80. The number of nitrogens with zero attached hydrogens (tertiary/aromatic N) is 3. The molecule has 0 fully saturated rings. The molecular weight excluding hydrogens is 322 g/mol. The van der Waals surface area contributed by atoms with Crippen LogP contribution in [-0.4, -0.2) is 34.1 Å². The lowest BCUT2D eigenvalue weighted by molar-refractivity contribution is -0.118. The number of carbonyl (C=O) groups excluding carboxylic acids is 1. The highest BCUT2D eigenvalue weighted by molar-refractivity contribution is 7.14. The van der Waals surface area contributed by atoms with Crippen molar-refractivity contribution in [1.82, 2.24) is 9.97 Å². The topological polar surface area (TPSA) is 66.3 Å². The van der Waals surface area contributed by atoms with Crippen LogP contribution in [0.25, 0.3) is 11.3 Å². The fourth-order valence-electron chi connectivity index (χ4n) is 2.34. The molecule has 3 rings (SSSR count). The van der Waals surface area contributed by atoms with Crippen molar-refractivity contribution in [3.05, 3.63) is 65.8 Å². The second-order valence-electron chi connectivity index (χ2n) is 5.18. The molecular formula is C18H17N3O2S. The largest absolute Gasteiger partial charge is 0.395 e. The molecule has 5 nitrogen and oxygen atoms in total. The van der Waals surface area contributed by atoms with Crippen LogP contribution in [0.3, 0.4) is 0 Å². The summed E-state index contributed by atoms with van der Waals surface area (Å²) in [5, 5.41) is 11.8. The van der Waals surface area contributed by atoms with E-state index in [0.717, 1.165) is 16.8 Å². The molecule has 0 saturated carbocycles. The number of rotatable bonds is 6. The fraction of sp³-hybridized carbons (Fsp3) is 0.167. The summed E-state index contributed by atoms with van der Waals surface area (Å²) in [6.45, 7) is 0.125. The van der Waals surface area contributed by atoms with Gasteiger partial charge in [0.2, 0.25) is 5.91 Å². The third kappa shape index (κ3) is 3.84. The Morgan fingerprint density at radius 2 is 1.88 bits per heavy atom. The van der Waals surface area contributed by atoms with Crippen molar-refractivity contribution < 1.29 is 9.90 Å². The normalized spacial score (nSPS) is 10.5. The first kappa shape index (κ1) is 16.3. The molecule has 0 radical (unpaired) electrons. The number of amides is 1. The number of hydrogen-bond donors (Lipinski definition) is 1. The van der Waals surface area contributed by atoms with E-state index in [1.54, 1.807) is 17.3 Å². The highest BCUT2D eigenvalue weighted by Crippen LogP contribution is 2.27. The Kier molecular flexibility index (Phi) is 5.30. The zero-order valence-corrected chi connectivity index (χ0v) is 13.8. The van der Waals surface area contributed by atoms with E-state index in [-0.39, 0.29) is 25.5 Å². The predicted molar refractivity (Wildman–Crippen MR) is 94.9 cm³/mol. The van der Waals surface area contributed by atoms with Crippen LogP contribution >= 0.6 is 11.3 Å². The van der Waals surface area contributed by atoms with Gasteiger partial charge in [-0.2, -0.15) is 0 Å². The Labute approximate surface area is 144 Å². The number of anilines is 1. The highest BCUT2D eigenvalue weighted by Gasteiger charge is 2.19. The van der Waals surface area contributed by atoms with Gasteiger partial charge in [-0.05, 0) is 17.7 Å². The number of thiazole rings is 1. The summed E-state index contributed by atoms with van der Waals surface area (Å²) in [7, 11) is 0. The van der Waals surface area contributed by atoms with Crippen molar-refractivity contribution in [2.24, 2.45) is 0 Å². The molecule has 1 N–H and O–H groups in total. The van der Waals surface area contributed by atoms with E-state index in [2.05, 4.69) is 9.97 Å². The van der Waals surface area contributed by atoms with E-state index in [1.807, 2.05) is 47.8 Å². The first-order chi connectivity index (χ1) is 11.8. The van der Waals surface area contributed by atoms with Gasteiger partial charge in [0.15, 0.2) is 5.13 Å². The number of benzene rings is 1. The molecule has 3 aromatic rings. The van der Waals surface area contributed by atoms with Crippen molar-refractivity contribution in [3.63, 3.8) is 0 Å². The molecule has 1 amide bonds. The molecule has 0 atom stereocenters. The minimum absolute atomic E-state index is 0.0779. The third-order valence-corrected chi connectivity index (χ3v) is 4.39. The van der Waals surface area contributed by atoms with Crippen molar-refractivity contribution in [3.8, 4) is 11.3 Å². The minimum atomic E-state index is -0.106. The van der Waals surface area contributed by atoms with Gasteiger partial charge in [0.1, 0.15) is 0 Å². The van der Waals surface area contributed by atoms with Crippen molar-refractivity contribution >= 4 is 22.4 Å². The molecule has 2 heterocycles. The van der Waals surface area contributed by atoms with E-state index in [0.29, 0.717) is 5.13 Å². The Morgan fingerprint density at radius 3 is 2.58 bits per heavy atom. The molecule has 0 bridgehead atoms. The zero-order valence-electron chi connectivity index (χ0n) is 13.0. The molecule has 6 heteroatoms. The number of aliphatic hydroxyl groups excluding tert-OH is 1. The molecule has 0 aliphatic rings. The predicted octanol–water partition coefficient (Wildman–Crippen LogP) is 2.77. The molecule has 0 saturated heterocycles. The van der Waals surface area contributed by atoms with Gasteiger partial charge in [0.05, 0.1) is 25.3 Å². The van der Waals surface area contributed by atoms with Crippen LogP contribution in [-0.2, 0) is 11.2 Å². The van der Waals surface area contributed by atoms with Gasteiger partial charge < -0.3 is 5.11 Å². The summed E-state index contributed by atoms with van der Waals surface area (Å²) in [6.07, 6.45) is 3.70. The number of hydrogen-bond acceptors (Lipinski definition) is 5. The van der Waals surface area contributed by atoms with Crippen LogP contribution in [0.2, 0.25) is 0 Å². The minimum Gasteiger partial charge on any atom is -0.395 e. The summed E-state index contributed by atoms with van der Waals surface area (Å²) in [6, 6.07) is 13.3. The number of pyridine rings is 1. The smallest absolute Gasteiger partial charge is 0.233 e. The van der Waals surface area contributed by atoms with E-state index in [1.165, 1.54) is 11.3 Å². The maximum Gasteiger partial charge on any atom is 0.233 e. The third-order valence-electron chi connectivity index (χ3n) is 3.52. The number of aromatic nitrogens is 2. The summed E-state index contributed by atoms with van der Waals surface area (Å²) in [5.41, 5.74) is 2.69. The van der Waals surface area contributed by atoms with Crippen LogP contribution < -0.4 is 4.90 Å². The quantitative estimate of drug-likeness (QED) is 0.750. The molecule has 1 aromatic carbocycles. The monoisotopic (exact) mass is 339 g/mol. The second-order valence-corrected chi connectivity index (χ2v) is 6.02. The van der Waals surface area contributed by atoms with E-state index in [4.69, 9.17) is 0 Å². The second kappa shape index (κ2) is 7.81. The Hall–Kier alpha value is -2.57. The van der Waals surface area contributed by atoms with Crippen molar-refractivity contribution in [2.45, 2.75) is 6.42 Å². The summed E-state index contributed by atoms with van der Waals surface area (Å²) >= 11 is 1.39. The molecule has 0 aliphatic carbocycles. The average molecular weight is 339 g/mol. The van der Waals surface area contributed by atoms with Gasteiger partial charge >= 0.3 is 0 Å². The molecule has 122 valence electrons. The van der Waals surface area contributed by atoms with Crippen molar-refractivity contribution in [1.29, 1.82) is 0 Å². The van der Waals surface area contributed by atoms with E-state index < -0.39 is 0 Å². The van der Waals surface area contributed by atoms with Gasteiger partial charge in [-0.15, -0.1) is 11.3 Å². The first-order valence-electron chi connectivity index (χ1n) is 7.59. The molecule has 24 heavy (non-hydrogen) atoms. The zero-order chi connectivity index (χ0) is 16.8. The standard InChI is InChI=1S/C18H17N3O2S/c22-11-10-21(17(23)12-14-4-2-1-3-5-14)18-20-16(13-24-18)15-6-8-19-9-7-15/h1-9,13,22H,10-12H2. The number of carbonyl (C=O) groups is 1. The van der Waals surface area contributed by atoms with E-state index in [9.17, 15) is 9.90 Å². The first-order valence-corrected chi connectivity index (χ1v) is 8.47. The lowest BCUT2D eigenvalue weighted by atomic mass is 10.1. The highest BCUT2D eigenvalue weighted by atomic mass is 32.1. The van der Waals surface area contributed by atoms with Crippen LogP contribution in [0.4, 0.5) is 5.13 Å².